The molecular formula is C9H12O3. The summed E-state index contributed by atoms with van der Waals surface area (Å²) in [5.74, 6) is 0.214. The molecule has 0 unspecified atom stereocenters. The molecule has 3 heteroatoms. The number of methoxy groups -OCH3 is 1. The van der Waals surface area contributed by atoms with E-state index >= 15 is 0 Å². The summed E-state index contributed by atoms with van der Waals surface area (Å²) >= 11 is 0. The summed E-state index contributed by atoms with van der Waals surface area (Å²) in [7, 11) is 1.54. The molecule has 0 heterocycles. The predicted molar refractivity (Wildman–Crippen MR) is 44.9 cm³/mol. The number of phenols is 1. The van der Waals surface area contributed by atoms with Gasteiger partial charge in [0.1, 0.15) is 11.9 Å². The number of hydrogen-bond donors (Lipinski definition) is 2. The number of hydrogen-bond acceptors (Lipinski definition) is 3. The van der Waals surface area contributed by atoms with Gasteiger partial charge in [0.25, 0.3) is 0 Å². The SMILES string of the molecule is CO[C@H](CO)c1ccc(O)cc1. The maximum absolute atomic E-state index is 8.98. The lowest BCUT2D eigenvalue weighted by Gasteiger charge is -2.11. The van der Waals surface area contributed by atoms with Gasteiger partial charge < -0.3 is 14.9 Å². The van der Waals surface area contributed by atoms with E-state index in [1.165, 1.54) is 7.11 Å². The lowest BCUT2D eigenvalue weighted by atomic mass is 10.1. The van der Waals surface area contributed by atoms with Gasteiger partial charge in [0, 0.05) is 7.11 Å². The molecule has 0 radical (unpaired) electrons. The van der Waals surface area contributed by atoms with E-state index in [2.05, 4.69) is 0 Å². The van der Waals surface area contributed by atoms with Crippen LogP contribution in [0.4, 0.5) is 0 Å². The monoisotopic (exact) mass is 168 g/mol. The molecule has 0 fully saturated rings. The van der Waals surface area contributed by atoms with E-state index in [1.807, 2.05) is 0 Å². The minimum absolute atomic E-state index is 0.0543. The van der Waals surface area contributed by atoms with Crippen molar-refractivity contribution in [3.63, 3.8) is 0 Å². The van der Waals surface area contributed by atoms with E-state index in [0.29, 0.717) is 0 Å². The molecule has 0 aromatic heterocycles. The van der Waals surface area contributed by atoms with Crippen LogP contribution < -0.4 is 0 Å². The first kappa shape index (κ1) is 9.03. The molecule has 0 bridgehead atoms. The summed E-state index contributed by atoms with van der Waals surface area (Å²) in [5.41, 5.74) is 0.859. The van der Waals surface area contributed by atoms with Gasteiger partial charge in [-0.05, 0) is 17.7 Å². The van der Waals surface area contributed by atoms with Crippen LogP contribution in [0.5, 0.6) is 5.75 Å². The van der Waals surface area contributed by atoms with Crippen molar-refractivity contribution in [1.29, 1.82) is 0 Å². The minimum Gasteiger partial charge on any atom is -0.508 e. The molecule has 0 aliphatic heterocycles. The summed E-state index contributed by atoms with van der Waals surface area (Å²) in [5, 5.41) is 17.8. The fraction of sp³-hybridized carbons (Fsp3) is 0.333. The van der Waals surface area contributed by atoms with Crippen LogP contribution in [-0.4, -0.2) is 23.9 Å². The van der Waals surface area contributed by atoms with Gasteiger partial charge in [-0.15, -0.1) is 0 Å². The van der Waals surface area contributed by atoms with Gasteiger partial charge in [0.2, 0.25) is 0 Å². The third kappa shape index (κ3) is 1.96. The fourth-order valence-corrected chi connectivity index (χ4v) is 1.00. The smallest absolute Gasteiger partial charge is 0.115 e. The van der Waals surface area contributed by atoms with E-state index in [0.717, 1.165) is 5.56 Å². The number of rotatable bonds is 3. The van der Waals surface area contributed by atoms with Crippen molar-refractivity contribution in [3.05, 3.63) is 29.8 Å². The molecule has 0 saturated carbocycles. The molecule has 1 aromatic rings. The normalized spacial score (nSPS) is 12.8. The lowest BCUT2D eigenvalue weighted by Crippen LogP contribution is -2.05. The van der Waals surface area contributed by atoms with Gasteiger partial charge in [-0.1, -0.05) is 12.1 Å². The van der Waals surface area contributed by atoms with Crippen LogP contribution in [0.15, 0.2) is 24.3 Å². The Balaban J connectivity index is 2.80. The Kier molecular flexibility index (Phi) is 3.08. The third-order valence-electron chi connectivity index (χ3n) is 1.72. The summed E-state index contributed by atoms with van der Waals surface area (Å²) in [6.07, 6.45) is -0.300. The van der Waals surface area contributed by atoms with Gasteiger partial charge >= 0.3 is 0 Å². The Bertz CT molecular complexity index is 226. The lowest BCUT2D eigenvalue weighted by molar-refractivity contribution is 0.0484. The maximum Gasteiger partial charge on any atom is 0.115 e. The Morgan fingerprint density at radius 2 is 1.92 bits per heavy atom. The fourth-order valence-electron chi connectivity index (χ4n) is 1.00. The molecule has 0 saturated heterocycles. The van der Waals surface area contributed by atoms with E-state index in [9.17, 15) is 0 Å². The highest BCUT2D eigenvalue weighted by molar-refractivity contribution is 5.27. The Morgan fingerprint density at radius 3 is 2.33 bits per heavy atom. The van der Waals surface area contributed by atoms with Gasteiger partial charge in [-0.2, -0.15) is 0 Å². The Labute approximate surface area is 71.2 Å². The van der Waals surface area contributed by atoms with Crippen molar-refractivity contribution >= 4 is 0 Å². The van der Waals surface area contributed by atoms with Crippen LogP contribution in [0.25, 0.3) is 0 Å². The third-order valence-corrected chi connectivity index (χ3v) is 1.72. The average molecular weight is 168 g/mol. The molecule has 3 nitrogen and oxygen atoms in total. The highest BCUT2D eigenvalue weighted by atomic mass is 16.5. The highest BCUT2D eigenvalue weighted by Crippen LogP contribution is 2.18. The van der Waals surface area contributed by atoms with E-state index in [1.54, 1.807) is 24.3 Å². The molecule has 0 amide bonds. The standard InChI is InChI=1S/C9H12O3/c1-12-9(6-10)7-2-4-8(11)5-3-7/h2-5,9-11H,6H2,1H3/t9-/m1/s1. The quantitative estimate of drug-likeness (QED) is 0.709. The second-order valence-electron chi connectivity index (χ2n) is 2.50. The molecule has 2 N–H and O–H groups in total. The van der Waals surface area contributed by atoms with Gasteiger partial charge in [-0.25, -0.2) is 0 Å². The predicted octanol–water partition coefficient (Wildman–Crippen LogP) is 1.07. The van der Waals surface area contributed by atoms with Crippen LogP contribution in [0.2, 0.25) is 0 Å². The molecule has 1 aromatic carbocycles. The second kappa shape index (κ2) is 4.09. The van der Waals surface area contributed by atoms with Crippen molar-refractivity contribution in [3.8, 4) is 5.75 Å². The minimum atomic E-state index is -0.300. The van der Waals surface area contributed by atoms with Gasteiger partial charge in [0.05, 0.1) is 6.61 Å². The Hall–Kier alpha value is -1.06. The zero-order valence-electron chi connectivity index (χ0n) is 6.90. The second-order valence-corrected chi connectivity index (χ2v) is 2.50. The van der Waals surface area contributed by atoms with Crippen LogP contribution >= 0.6 is 0 Å². The molecule has 12 heavy (non-hydrogen) atoms. The first-order chi connectivity index (χ1) is 5.77. The van der Waals surface area contributed by atoms with Gasteiger partial charge in [-0.3, -0.25) is 0 Å². The van der Waals surface area contributed by atoms with Crippen molar-refractivity contribution < 1.29 is 14.9 Å². The largest absolute Gasteiger partial charge is 0.508 e. The van der Waals surface area contributed by atoms with E-state index in [4.69, 9.17) is 14.9 Å². The van der Waals surface area contributed by atoms with E-state index < -0.39 is 0 Å². The van der Waals surface area contributed by atoms with Crippen LogP contribution in [0.3, 0.4) is 0 Å². The van der Waals surface area contributed by atoms with Crippen LogP contribution in [0, 0.1) is 0 Å². The molecular weight excluding hydrogens is 156 g/mol. The first-order valence-corrected chi connectivity index (χ1v) is 3.70. The molecule has 0 aliphatic carbocycles. The van der Waals surface area contributed by atoms with Crippen molar-refractivity contribution in [2.24, 2.45) is 0 Å². The molecule has 66 valence electrons. The number of benzene rings is 1. The Morgan fingerprint density at radius 1 is 1.33 bits per heavy atom. The van der Waals surface area contributed by atoms with Gasteiger partial charge in [0.15, 0.2) is 0 Å². The van der Waals surface area contributed by atoms with Crippen molar-refractivity contribution in [1.82, 2.24) is 0 Å². The van der Waals surface area contributed by atoms with Crippen molar-refractivity contribution in [2.75, 3.05) is 13.7 Å². The van der Waals surface area contributed by atoms with Crippen LogP contribution in [0.1, 0.15) is 11.7 Å². The molecule has 1 atom stereocenters. The molecule has 0 spiro atoms. The zero-order chi connectivity index (χ0) is 8.97. The highest BCUT2D eigenvalue weighted by Gasteiger charge is 2.07. The number of aromatic hydroxyl groups is 1. The topological polar surface area (TPSA) is 49.7 Å². The molecule has 0 aliphatic rings. The average Bonchev–Trinajstić information content (AvgIpc) is 2.10. The van der Waals surface area contributed by atoms with Crippen LogP contribution in [-0.2, 0) is 4.74 Å². The maximum atomic E-state index is 8.98. The van der Waals surface area contributed by atoms with E-state index in [-0.39, 0.29) is 18.5 Å². The zero-order valence-corrected chi connectivity index (χ0v) is 6.90. The number of ether oxygens (including phenoxy) is 1. The number of aliphatic hydroxyl groups excluding tert-OH is 1. The van der Waals surface area contributed by atoms with Crippen molar-refractivity contribution in [2.45, 2.75) is 6.10 Å². The number of phenolic OH excluding ortho intramolecular Hbond substituents is 1. The summed E-state index contributed by atoms with van der Waals surface area (Å²) in [4.78, 5) is 0. The molecule has 1 rings (SSSR count). The summed E-state index contributed by atoms with van der Waals surface area (Å²) < 4.78 is 4.99. The number of aliphatic hydroxyl groups is 1. The summed E-state index contributed by atoms with van der Waals surface area (Å²) in [6, 6.07) is 6.58. The summed E-state index contributed by atoms with van der Waals surface area (Å²) in [6.45, 7) is -0.0543. The first-order valence-electron chi connectivity index (χ1n) is 3.70.